The lowest BCUT2D eigenvalue weighted by Gasteiger charge is -2.40. The van der Waals surface area contributed by atoms with Crippen molar-refractivity contribution < 1.29 is 0 Å². The van der Waals surface area contributed by atoms with Crippen LogP contribution in [-0.4, -0.2) is 29.6 Å². The molecule has 1 saturated heterocycles. The summed E-state index contributed by atoms with van der Waals surface area (Å²) in [5.74, 6) is 0. The fourth-order valence-corrected chi connectivity index (χ4v) is 3.57. The summed E-state index contributed by atoms with van der Waals surface area (Å²) in [6, 6.07) is 10.8. The molecule has 2 heteroatoms. The minimum atomic E-state index is 0.602. The SMILES string of the molecule is C[C@@H]1CCC[C@H](C)N1CC1Cc2ccccc2N1. The van der Waals surface area contributed by atoms with Crippen LogP contribution in [0.3, 0.4) is 0 Å². The summed E-state index contributed by atoms with van der Waals surface area (Å²) in [7, 11) is 0. The molecule has 3 rings (SSSR count). The van der Waals surface area contributed by atoms with Crippen LogP contribution in [0.25, 0.3) is 0 Å². The number of hydrogen-bond acceptors (Lipinski definition) is 2. The highest BCUT2D eigenvalue weighted by Gasteiger charge is 2.29. The lowest BCUT2D eigenvalue weighted by Crippen LogP contribution is -2.48. The molecule has 1 N–H and O–H groups in total. The maximum atomic E-state index is 3.68. The predicted octanol–water partition coefficient (Wildman–Crippen LogP) is 3.29. The van der Waals surface area contributed by atoms with E-state index < -0.39 is 0 Å². The van der Waals surface area contributed by atoms with Gasteiger partial charge < -0.3 is 5.32 Å². The van der Waals surface area contributed by atoms with Gasteiger partial charge in [-0.25, -0.2) is 0 Å². The number of benzene rings is 1. The second-order valence-electron chi connectivity index (χ2n) is 6.03. The van der Waals surface area contributed by atoms with Gasteiger partial charge in [-0.3, -0.25) is 4.90 Å². The molecule has 0 spiro atoms. The molecule has 0 radical (unpaired) electrons. The van der Waals surface area contributed by atoms with Gasteiger partial charge >= 0.3 is 0 Å². The summed E-state index contributed by atoms with van der Waals surface area (Å²) >= 11 is 0. The molecular weight excluding hydrogens is 220 g/mol. The van der Waals surface area contributed by atoms with E-state index in [9.17, 15) is 0 Å². The van der Waals surface area contributed by atoms with Gasteiger partial charge in [0.15, 0.2) is 0 Å². The van der Waals surface area contributed by atoms with Crippen LogP contribution in [0.5, 0.6) is 0 Å². The van der Waals surface area contributed by atoms with Crippen LogP contribution in [0, 0.1) is 0 Å². The summed E-state index contributed by atoms with van der Waals surface area (Å²) in [5, 5.41) is 3.68. The van der Waals surface area contributed by atoms with Crippen molar-refractivity contribution in [1.29, 1.82) is 0 Å². The van der Waals surface area contributed by atoms with Crippen LogP contribution in [0.4, 0.5) is 5.69 Å². The van der Waals surface area contributed by atoms with Crippen LogP contribution in [0.1, 0.15) is 38.7 Å². The van der Waals surface area contributed by atoms with Gasteiger partial charge in [-0.1, -0.05) is 24.6 Å². The maximum Gasteiger partial charge on any atom is 0.0429 e. The van der Waals surface area contributed by atoms with Crippen molar-refractivity contribution in [3.8, 4) is 0 Å². The van der Waals surface area contributed by atoms with Crippen LogP contribution in [0.2, 0.25) is 0 Å². The Morgan fingerprint density at radius 3 is 2.61 bits per heavy atom. The molecular formula is C16H24N2. The van der Waals surface area contributed by atoms with Crippen LogP contribution in [-0.2, 0) is 6.42 Å². The van der Waals surface area contributed by atoms with Crippen molar-refractivity contribution >= 4 is 5.69 Å². The monoisotopic (exact) mass is 244 g/mol. The van der Waals surface area contributed by atoms with Crippen LogP contribution >= 0.6 is 0 Å². The fourth-order valence-electron chi connectivity index (χ4n) is 3.57. The third kappa shape index (κ3) is 2.26. The summed E-state index contributed by atoms with van der Waals surface area (Å²) in [6.45, 7) is 5.96. The Bertz CT molecular complexity index is 380. The minimum absolute atomic E-state index is 0.602. The summed E-state index contributed by atoms with van der Waals surface area (Å²) in [6.07, 6.45) is 5.32. The Morgan fingerprint density at radius 1 is 1.17 bits per heavy atom. The lowest BCUT2D eigenvalue weighted by atomic mass is 9.96. The van der Waals surface area contributed by atoms with Gasteiger partial charge in [-0.05, 0) is 44.7 Å². The molecule has 0 bridgehead atoms. The number of para-hydroxylation sites is 1. The number of likely N-dealkylation sites (tertiary alicyclic amines) is 1. The predicted molar refractivity (Wildman–Crippen MR) is 77.0 cm³/mol. The average molecular weight is 244 g/mol. The van der Waals surface area contributed by atoms with Gasteiger partial charge in [0.05, 0.1) is 0 Å². The van der Waals surface area contributed by atoms with E-state index in [1.807, 2.05) is 0 Å². The first-order valence-electron chi connectivity index (χ1n) is 7.34. The number of nitrogens with zero attached hydrogens (tertiary/aromatic N) is 1. The van der Waals surface area contributed by atoms with E-state index in [-0.39, 0.29) is 0 Å². The highest BCUT2D eigenvalue weighted by atomic mass is 15.2. The topological polar surface area (TPSA) is 15.3 Å². The van der Waals surface area contributed by atoms with Gasteiger partial charge in [0, 0.05) is 30.4 Å². The number of hydrogen-bond donors (Lipinski definition) is 1. The first-order chi connectivity index (χ1) is 8.74. The third-order valence-electron chi connectivity index (χ3n) is 4.65. The number of rotatable bonds is 2. The zero-order valence-electron chi connectivity index (χ0n) is 11.5. The number of fused-ring (bicyclic) bond motifs is 1. The second-order valence-corrected chi connectivity index (χ2v) is 6.03. The van der Waals surface area contributed by atoms with Crippen molar-refractivity contribution in [2.45, 2.75) is 57.7 Å². The van der Waals surface area contributed by atoms with E-state index in [1.165, 1.54) is 43.5 Å². The standard InChI is InChI=1S/C16H24N2/c1-12-6-5-7-13(2)18(12)11-15-10-14-8-3-4-9-16(14)17-15/h3-4,8-9,12-13,15,17H,5-7,10-11H2,1-2H3/t12-,13+,15?. The lowest BCUT2D eigenvalue weighted by molar-refractivity contribution is 0.0991. The maximum absolute atomic E-state index is 3.68. The molecule has 98 valence electrons. The Morgan fingerprint density at radius 2 is 1.89 bits per heavy atom. The molecule has 2 aliphatic heterocycles. The van der Waals surface area contributed by atoms with Gasteiger partial charge in [-0.15, -0.1) is 0 Å². The number of anilines is 1. The Labute approximate surface area is 110 Å². The zero-order chi connectivity index (χ0) is 12.5. The Hall–Kier alpha value is -1.02. The van der Waals surface area contributed by atoms with E-state index >= 15 is 0 Å². The van der Waals surface area contributed by atoms with E-state index in [1.54, 1.807) is 0 Å². The van der Waals surface area contributed by atoms with Gasteiger partial charge in [0.25, 0.3) is 0 Å². The molecule has 1 fully saturated rings. The second kappa shape index (κ2) is 4.93. The van der Waals surface area contributed by atoms with Gasteiger partial charge in [0.2, 0.25) is 0 Å². The molecule has 2 aliphatic rings. The van der Waals surface area contributed by atoms with E-state index in [0.29, 0.717) is 6.04 Å². The quantitative estimate of drug-likeness (QED) is 0.859. The molecule has 1 aromatic rings. The molecule has 1 unspecified atom stereocenters. The van der Waals surface area contributed by atoms with Crippen LogP contribution < -0.4 is 5.32 Å². The van der Waals surface area contributed by atoms with Crippen molar-refractivity contribution in [1.82, 2.24) is 4.90 Å². The Kier molecular flexibility index (Phi) is 3.29. The third-order valence-corrected chi connectivity index (χ3v) is 4.65. The van der Waals surface area contributed by atoms with Crippen molar-refractivity contribution in [2.75, 3.05) is 11.9 Å². The van der Waals surface area contributed by atoms with Crippen molar-refractivity contribution in [2.24, 2.45) is 0 Å². The van der Waals surface area contributed by atoms with Crippen molar-refractivity contribution in [3.63, 3.8) is 0 Å². The van der Waals surface area contributed by atoms with E-state index in [0.717, 1.165) is 12.1 Å². The molecule has 0 amide bonds. The molecule has 18 heavy (non-hydrogen) atoms. The van der Waals surface area contributed by atoms with Gasteiger partial charge in [-0.2, -0.15) is 0 Å². The first-order valence-corrected chi connectivity index (χ1v) is 7.34. The minimum Gasteiger partial charge on any atom is -0.380 e. The highest BCUT2D eigenvalue weighted by Crippen LogP contribution is 2.28. The molecule has 3 atom stereocenters. The van der Waals surface area contributed by atoms with E-state index in [4.69, 9.17) is 0 Å². The average Bonchev–Trinajstić information content (AvgIpc) is 2.76. The highest BCUT2D eigenvalue weighted by molar-refractivity contribution is 5.56. The van der Waals surface area contributed by atoms with Gasteiger partial charge in [0.1, 0.15) is 0 Å². The Balaban J connectivity index is 1.65. The summed E-state index contributed by atoms with van der Waals surface area (Å²) in [5.41, 5.74) is 2.83. The normalized spacial score (nSPS) is 32.0. The summed E-state index contributed by atoms with van der Waals surface area (Å²) < 4.78 is 0. The molecule has 0 saturated carbocycles. The van der Waals surface area contributed by atoms with E-state index in [2.05, 4.69) is 48.3 Å². The van der Waals surface area contributed by atoms with Crippen LogP contribution in [0.15, 0.2) is 24.3 Å². The van der Waals surface area contributed by atoms with Crippen molar-refractivity contribution in [3.05, 3.63) is 29.8 Å². The smallest absolute Gasteiger partial charge is 0.0429 e. The first kappa shape index (κ1) is 12.0. The molecule has 0 aliphatic carbocycles. The molecule has 2 nitrogen and oxygen atoms in total. The zero-order valence-corrected chi connectivity index (χ0v) is 11.5. The molecule has 0 aromatic heterocycles. The number of nitrogens with one attached hydrogen (secondary N) is 1. The molecule has 2 heterocycles. The number of piperidine rings is 1. The largest absolute Gasteiger partial charge is 0.380 e. The molecule has 1 aromatic carbocycles. The fraction of sp³-hybridized carbons (Fsp3) is 0.625. The summed E-state index contributed by atoms with van der Waals surface area (Å²) in [4.78, 5) is 2.70.